The lowest BCUT2D eigenvalue weighted by atomic mass is 10.5. The van der Waals surface area contributed by atoms with Crippen molar-refractivity contribution >= 4 is 0 Å². The van der Waals surface area contributed by atoms with Gasteiger partial charge in [-0.15, -0.1) is 0 Å². The van der Waals surface area contributed by atoms with E-state index < -0.39 is 5.76 Å². The summed E-state index contributed by atoms with van der Waals surface area (Å²) in [7, 11) is 0. The molecule has 5 nitrogen and oxygen atoms in total. The lowest BCUT2D eigenvalue weighted by molar-refractivity contribution is 0.504. The van der Waals surface area contributed by atoms with Crippen LogP contribution in [-0.2, 0) is 0 Å². The molecule has 2 heterocycles. The Morgan fingerprint density at radius 1 is 1.38 bits per heavy atom. The Balaban J connectivity index is 2.54. The molecule has 0 saturated heterocycles. The molecule has 13 heavy (non-hydrogen) atoms. The zero-order valence-electron chi connectivity index (χ0n) is 6.97. The maximum Gasteiger partial charge on any atom is 0.423 e. The van der Waals surface area contributed by atoms with Crippen molar-refractivity contribution in [3.8, 4) is 5.69 Å². The van der Waals surface area contributed by atoms with E-state index in [9.17, 15) is 4.79 Å². The van der Waals surface area contributed by atoms with Crippen LogP contribution in [0.1, 0.15) is 5.82 Å². The molecule has 2 aromatic rings. The zero-order chi connectivity index (χ0) is 9.26. The first-order chi connectivity index (χ1) is 6.27. The molecule has 0 fully saturated rings. The number of aromatic nitrogens is 3. The van der Waals surface area contributed by atoms with Gasteiger partial charge in [0.2, 0.25) is 0 Å². The minimum Gasteiger partial charge on any atom is -0.416 e. The van der Waals surface area contributed by atoms with E-state index in [0.717, 1.165) is 0 Å². The summed E-state index contributed by atoms with van der Waals surface area (Å²) in [6, 6.07) is 0. The fraction of sp³-hybridized carbons (Fsp3) is 0.125. The van der Waals surface area contributed by atoms with E-state index in [1.165, 1.54) is 17.0 Å². The molecule has 66 valence electrons. The first-order valence-corrected chi connectivity index (χ1v) is 3.72. The number of hydrogen-bond donors (Lipinski definition) is 0. The molecule has 0 aliphatic carbocycles. The van der Waals surface area contributed by atoms with Gasteiger partial charge in [-0.1, -0.05) is 0 Å². The third kappa shape index (κ3) is 1.35. The summed E-state index contributed by atoms with van der Waals surface area (Å²) in [6.07, 6.45) is 5.98. The molecule has 5 heteroatoms. The summed E-state index contributed by atoms with van der Waals surface area (Å²) in [5, 5.41) is 0. The summed E-state index contributed by atoms with van der Waals surface area (Å²) in [4.78, 5) is 19.0. The first-order valence-electron chi connectivity index (χ1n) is 3.72. The zero-order valence-corrected chi connectivity index (χ0v) is 6.97. The molecular formula is C8H7N3O2. The van der Waals surface area contributed by atoms with Gasteiger partial charge in [0.25, 0.3) is 0 Å². The van der Waals surface area contributed by atoms with Crippen LogP contribution in [0.15, 0.2) is 34.1 Å². The Morgan fingerprint density at radius 3 is 2.62 bits per heavy atom. The smallest absolute Gasteiger partial charge is 0.416 e. The third-order valence-electron chi connectivity index (χ3n) is 1.62. The molecule has 0 aliphatic heterocycles. The third-order valence-corrected chi connectivity index (χ3v) is 1.62. The van der Waals surface area contributed by atoms with Gasteiger partial charge in [0, 0.05) is 0 Å². The standard InChI is InChI=1S/C8H7N3O2/c1-6-9-4-7(5-10-6)11-2-3-13-8(11)12/h2-5H,1H3. The van der Waals surface area contributed by atoms with Gasteiger partial charge in [0.15, 0.2) is 0 Å². The van der Waals surface area contributed by atoms with Crippen LogP contribution in [0.25, 0.3) is 5.69 Å². The van der Waals surface area contributed by atoms with Crippen LogP contribution in [0.4, 0.5) is 0 Å². The monoisotopic (exact) mass is 177 g/mol. The Hall–Kier alpha value is -1.91. The number of rotatable bonds is 1. The van der Waals surface area contributed by atoms with Gasteiger partial charge in [-0.3, -0.25) is 0 Å². The quantitative estimate of drug-likeness (QED) is 0.637. The van der Waals surface area contributed by atoms with Crippen molar-refractivity contribution < 1.29 is 4.42 Å². The van der Waals surface area contributed by atoms with Crippen molar-refractivity contribution in [3.05, 3.63) is 41.2 Å². The van der Waals surface area contributed by atoms with Crippen LogP contribution in [-0.4, -0.2) is 14.5 Å². The van der Waals surface area contributed by atoms with Gasteiger partial charge in [-0.2, -0.15) is 0 Å². The molecule has 0 amide bonds. The SMILES string of the molecule is Cc1ncc(-n2ccoc2=O)cn1. The van der Waals surface area contributed by atoms with Crippen LogP contribution >= 0.6 is 0 Å². The molecule has 0 unspecified atom stereocenters. The predicted molar refractivity (Wildman–Crippen MR) is 44.6 cm³/mol. The second kappa shape index (κ2) is 2.85. The number of nitrogens with zero attached hydrogens (tertiary/aromatic N) is 3. The minimum absolute atomic E-state index is 0.438. The molecule has 2 aromatic heterocycles. The summed E-state index contributed by atoms with van der Waals surface area (Å²) < 4.78 is 5.93. The maximum absolute atomic E-state index is 11.0. The average Bonchev–Trinajstić information content (AvgIpc) is 2.53. The van der Waals surface area contributed by atoms with E-state index in [4.69, 9.17) is 0 Å². The Bertz CT molecular complexity index is 455. The molecular weight excluding hydrogens is 170 g/mol. The molecule has 0 radical (unpaired) electrons. The highest BCUT2D eigenvalue weighted by atomic mass is 16.4. The fourth-order valence-corrected chi connectivity index (χ4v) is 0.969. The normalized spacial score (nSPS) is 10.2. The molecule has 0 N–H and O–H groups in total. The second-order valence-electron chi connectivity index (χ2n) is 2.53. The molecule has 0 atom stereocenters. The molecule has 0 bridgehead atoms. The van der Waals surface area contributed by atoms with Crippen molar-refractivity contribution in [3.63, 3.8) is 0 Å². The highest BCUT2D eigenvalue weighted by Gasteiger charge is 2.01. The number of aryl methyl sites for hydroxylation is 1. The van der Waals surface area contributed by atoms with Crippen LogP contribution < -0.4 is 5.76 Å². The van der Waals surface area contributed by atoms with Crippen molar-refractivity contribution in [2.24, 2.45) is 0 Å². The van der Waals surface area contributed by atoms with Gasteiger partial charge in [0.05, 0.1) is 24.3 Å². The first kappa shape index (κ1) is 7.72. The number of hydrogen-bond acceptors (Lipinski definition) is 4. The van der Waals surface area contributed by atoms with Crippen molar-refractivity contribution in [1.82, 2.24) is 14.5 Å². The largest absolute Gasteiger partial charge is 0.423 e. The van der Waals surface area contributed by atoms with E-state index >= 15 is 0 Å². The highest BCUT2D eigenvalue weighted by Crippen LogP contribution is 2.00. The van der Waals surface area contributed by atoms with E-state index in [2.05, 4.69) is 14.4 Å². The van der Waals surface area contributed by atoms with Crippen LogP contribution in [0.2, 0.25) is 0 Å². The van der Waals surface area contributed by atoms with E-state index in [1.807, 2.05) is 0 Å². The molecule has 0 spiro atoms. The van der Waals surface area contributed by atoms with Gasteiger partial charge in [-0.25, -0.2) is 19.3 Å². The molecule has 2 rings (SSSR count). The van der Waals surface area contributed by atoms with E-state index in [0.29, 0.717) is 11.5 Å². The minimum atomic E-state index is -0.438. The van der Waals surface area contributed by atoms with Gasteiger partial charge in [0.1, 0.15) is 12.1 Å². The van der Waals surface area contributed by atoms with E-state index in [-0.39, 0.29) is 0 Å². The van der Waals surface area contributed by atoms with Gasteiger partial charge >= 0.3 is 5.76 Å². The summed E-state index contributed by atoms with van der Waals surface area (Å²) >= 11 is 0. The van der Waals surface area contributed by atoms with Crippen molar-refractivity contribution in [2.45, 2.75) is 6.92 Å². The van der Waals surface area contributed by atoms with Crippen LogP contribution in [0, 0.1) is 6.92 Å². The topological polar surface area (TPSA) is 60.9 Å². The summed E-state index contributed by atoms with van der Waals surface area (Å²) in [5.41, 5.74) is 0.601. The Kier molecular flexibility index (Phi) is 1.70. The average molecular weight is 177 g/mol. The molecule has 0 aliphatic rings. The Labute approximate surface area is 73.7 Å². The van der Waals surface area contributed by atoms with Gasteiger partial charge in [-0.05, 0) is 6.92 Å². The van der Waals surface area contributed by atoms with Crippen LogP contribution in [0.3, 0.4) is 0 Å². The van der Waals surface area contributed by atoms with E-state index in [1.54, 1.807) is 19.3 Å². The van der Waals surface area contributed by atoms with Crippen molar-refractivity contribution in [2.75, 3.05) is 0 Å². The summed E-state index contributed by atoms with van der Waals surface area (Å²) in [6.45, 7) is 1.78. The maximum atomic E-state index is 11.0. The van der Waals surface area contributed by atoms with Gasteiger partial charge < -0.3 is 4.42 Å². The lowest BCUT2D eigenvalue weighted by Gasteiger charge is -1.97. The number of oxazole rings is 1. The molecule has 0 saturated carbocycles. The fourth-order valence-electron chi connectivity index (χ4n) is 0.969. The lowest BCUT2D eigenvalue weighted by Crippen LogP contribution is -2.11. The van der Waals surface area contributed by atoms with Crippen LogP contribution in [0.5, 0.6) is 0 Å². The summed E-state index contributed by atoms with van der Waals surface area (Å²) in [5.74, 6) is 0.229. The van der Waals surface area contributed by atoms with Crippen molar-refractivity contribution in [1.29, 1.82) is 0 Å². The second-order valence-corrected chi connectivity index (χ2v) is 2.53. The Morgan fingerprint density at radius 2 is 2.08 bits per heavy atom. The predicted octanol–water partition coefficient (Wildman–Crippen LogP) is 0.529. The highest BCUT2D eigenvalue weighted by molar-refractivity contribution is 5.23. The molecule has 0 aromatic carbocycles.